The zero-order valence-corrected chi connectivity index (χ0v) is 10.3. The predicted molar refractivity (Wildman–Crippen MR) is 62.7 cm³/mol. The van der Waals surface area contributed by atoms with Crippen molar-refractivity contribution in [3.63, 3.8) is 0 Å². The summed E-state index contributed by atoms with van der Waals surface area (Å²) >= 11 is 0. The zero-order chi connectivity index (χ0) is 11.3. The Bertz CT molecular complexity index is 198. The van der Waals surface area contributed by atoms with E-state index < -0.39 is 0 Å². The van der Waals surface area contributed by atoms with E-state index in [-0.39, 0.29) is 5.91 Å². The maximum absolute atomic E-state index is 11.8. The lowest BCUT2D eigenvalue weighted by atomic mass is 10.0. The van der Waals surface area contributed by atoms with Crippen molar-refractivity contribution in [3.05, 3.63) is 0 Å². The number of carbonyl (C=O) groups excluding carboxylic acids is 1. The largest absolute Gasteiger partial charge is 0.345 e. The Labute approximate surface area is 93.2 Å². The van der Waals surface area contributed by atoms with E-state index in [1.165, 1.54) is 12.8 Å². The van der Waals surface area contributed by atoms with Crippen LogP contribution in [0.5, 0.6) is 0 Å². The number of piperidine rings is 1. The summed E-state index contributed by atoms with van der Waals surface area (Å²) in [4.78, 5) is 13.7. The molecule has 0 aliphatic carbocycles. The maximum atomic E-state index is 11.8. The van der Waals surface area contributed by atoms with Crippen LogP contribution in [0.25, 0.3) is 0 Å². The standard InChI is InChI=1S/C12H24N2O/c1-10(2)9-14(3)12(15)8-11-6-4-5-7-13-11/h10-11,13H,4-9H2,1-3H3. The molecule has 1 aliphatic rings. The molecule has 1 amide bonds. The molecule has 0 spiro atoms. The SMILES string of the molecule is CC(C)CN(C)C(=O)CC1CCCCN1. The van der Waals surface area contributed by atoms with Gasteiger partial charge in [-0.15, -0.1) is 0 Å². The van der Waals surface area contributed by atoms with Crippen LogP contribution in [0.2, 0.25) is 0 Å². The first kappa shape index (κ1) is 12.5. The lowest BCUT2D eigenvalue weighted by Crippen LogP contribution is -2.40. The highest BCUT2D eigenvalue weighted by Crippen LogP contribution is 2.11. The smallest absolute Gasteiger partial charge is 0.223 e. The number of carbonyl (C=O) groups is 1. The summed E-state index contributed by atoms with van der Waals surface area (Å²) in [6, 6.07) is 0.417. The molecule has 15 heavy (non-hydrogen) atoms. The fourth-order valence-electron chi connectivity index (χ4n) is 2.11. The van der Waals surface area contributed by atoms with Crippen LogP contribution in [0.1, 0.15) is 39.5 Å². The van der Waals surface area contributed by atoms with Gasteiger partial charge in [0, 0.05) is 26.1 Å². The molecule has 0 saturated carbocycles. The second kappa shape index (κ2) is 6.11. The number of rotatable bonds is 4. The highest BCUT2D eigenvalue weighted by molar-refractivity contribution is 5.76. The highest BCUT2D eigenvalue weighted by Gasteiger charge is 2.18. The van der Waals surface area contributed by atoms with Gasteiger partial charge in [-0.25, -0.2) is 0 Å². The van der Waals surface area contributed by atoms with E-state index in [2.05, 4.69) is 19.2 Å². The summed E-state index contributed by atoms with van der Waals surface area (Å²) < 4.78 is 0. The molecule has 3 nitrogen and oxygen atoms in total. The van der Waals surface area contributed by atoms with Crippen LogP contribution in [-0.2, 0) is 4.79 Å². The molecule has 1 N–H and O–H groups in total. The minimum atomic E-state index is 0.281. The van der Waals surface area contributed by atoms with Crippen LogP contribution >= 0.6 is 0 Å². The van der Waals surface area contributed by atoms with Crippen molar-refractivity contribution in [3.8, 4) is 0 Å². The van der Waals surface area contributed by atoms with E-state index in [9.17, 15) is 4.79 Å². The number of amides is 1. The van der Waals surface area contributed by atoms with Crippen LogP contribution in [0.3, 0.4) is 0 Å². The van der Waals surface area contributed by atoms with E-state index in [1.54, 1.807) is 0 Å². The molecule has 3 heteroatoms. The second-order valence-corrected chi connectivity index (χ2v) is 5.02. The summed E-state index contributed by atoms with van der Waals surface area (Å²) in [7, 11) is 1.91. The average molecular weight is 212 g/mol. The van der Waals surface area contributed by atoms with Crippen LogP contribution in [0.4, 0.5) is 0 Å². The maximum Gasteiger partial charge on any atom is 0.223 e. The summed E-state index contributed by atoms with van der Waals surface area (Å²) in [6.07, 6.45) is 4.34. The Morgan fingerprint density at radius 1 is 1.47 bits per heavy atom. The zero-order valence-electron chi connectivity index (χ0n) is 10.3. The summed E-state index contributed by atoms with van der Waals surface area (Å²) in [5, 5.41) is 3.41. The first-order chi connectivity index (χ1) is 7.09. The van der Waals surface area contributed by atoms with Crippen molar-refractivity contribution >= 4 is 5.91 Å². The minimum Gasteiger partial charge on any atom is -0.345 e. The van der Waals surface area contributed by atoms with Gasteiger partial charge < -0.3 is 10.2 Å². The van der Waals surface area contributed by atoms with Gasteiger partial charge in [0.15, 0.2) is 0 Å². The van der Waals surface area contributed by atoms with Gasteiger partial charge in [0.25, 0.3) is 0 Å². The Hall–Kier alpha value is -0.570. The van der Waals surface area contributed by atoms with Gasteiger partial charge in [0.2, 0.25) is 5.91 Å². The van der Waals surface area contributed by atoms with Crippen LogP contribution in [0, 0.1) is 5.92 Å². The molecule has 1 saturated heterocycles. The van der Waals surface area contributed by atoms with Crippen molar-refractivity contribution in [1.82, 2.24) is 10.2 Å². The molecule has 0 bridgehead atoms. The Morgan fingerprint density at radius 3 is 2.73 bits per heavy atom. The van der Waals surface area contributed by atoms with Gasteiger partial charge in [-0.1, -0.05) is 20.3 Å². The first-order valence-electron chi connectivity index (χ1n) is 6.07. The topological polar surface area (TPSA) is 32.3 Å². The lowest BCUT2D eigenvalue weighted by Gasteiger charge is -2.26. The van der Waals surface area contributed by atoms with Crippen molar-refractivity contribution in [1.29, 1.82) is 0 Å². The van der Waals surface area contributed by atoms with Crippen molar-refractivity contribution in [2.45, 2.75) is 45.6 Å². The summed E-state index contributed by atoms with van der Waals surface area (Å²) in [5.41, 5.74) is 0. The third kappa shape index (κ3) is 4.65. The van der Waals surface area contributed by atoms with E-state index in [1.807, 2.05) is 11.9 Å². The van der Waals surface area contributed by atoms with Crippen molar-refractivity contribution < 1.29 is 4.79 Å². The van der Waals surface area contributed by atoms with Gasteiger partial charge >= 0.3 is 0 Å². The van der Waals surface area contributed by atoms with E-state index in [0.29, 0.717) is 18.4 Å². The lowest BCUT2D eigenvalue weighted by molar-refractivity contribution is -0.131. The molecule has 1 unspecified atom stereocenters. The molecule has 1 rings (SSSR count). The molecule has 0 aromatic rings. The van der Waals surface area contributed by atoms with Gasteiger partial charge in [0.05, 0.1) is 0 Å². The normalized spacial score (nSPS) is 21.7. The van der Waals surface area contributed by atoms with Crippen molar-refractivity contribution in [2.75, 3.05) is 20.1 Å². The summed E-state index contributed by atoms with van der Waals surface area (Å²) in [6.45, 7) is 6.22. The third-order valence-electron chi connectivity index (χ3n) is 2.90. The van der Waals surface area contributed by atoms with Crippen LogP contribution in [0.15, 0.2) is 0 Å². The molecule has 1 atom stereocenters. The fraction of sp³-hybridized carbons (Fsp3) is 0.917. The number of nitrogens with one attached hydrogen (secondary N) is 1. The number of hydrogen-bond acceptors (Lipinski definition) is 2. The monoisotopic (exact) mass is 212 g/mol. The molecule has 0 aromatic carbocycles. The van der Waals surface area contributed by atoms with E-state index >= 15 is 0 Å². The average Bonchev–Trinajstić information content (AvgIpc) is 2.18. The molecule has 1 heterocycles. The molecular weight excluding hydrogens is 188 g/mol. The molecule has 0 radical (unpaired) electrons. The minimum absolute atomic E-state index is 0.281. The molecule has 88 valence electrons. The number of hydrogen-bond donors (Lipinski definition) is 1. The third-order valence-corrected chi connectivity index (χ3v) is 2.90. The van der Waals surface area contributed by atoms with E-state index in [4.69, 9.17) is 0 Å². The van der Waals surface area contributed by atoms with Gasteiger partial charge in [-0.3, -0.25) is 4.79 Å². The first-order valence-corrected chi connectivity index (χ1v) is 6.07. The van der Waals surface area contributed by atoms with Gasteiger partial charge in [-0.2, -0.15) is 0 Å². The van der Waals surface area contributed by atoms with E-state index in [0.717, 1.165) is 19.5 Å². The van der Waals surface area contributed by atoms with Crippen LogP contribution in [-0.4, -0.2) is 37.0 Å². The van der Waals surface area contributed by atoms with Gasteiger partial charge in [-0.05, 0) is 25.3 Å². The fourth-order valence-corrected chi connectivity index (χ4v) is 2.11. The molecule has 0 aromatic heterocycles. The molecular formula is C12H24N2O. The Morgan fingerprint density at radius 2 is 2.20 bits per heavy atom. The second-order valence-electron chi connectivity index (χ2n) is 5.02. The Kier molecular flexibility index (Phi) is 5.09. The van der Waals surface area contributed by atoms with Crippen LogP contribution < -0.4 is 5.32 Å². The van der Waals surface area contributed by atoms with Gasteiger partial charge in [0.1, 0.15) is 0 Å². The van der Waals surface area contributed by atoms with Crippen molar-refractivity contribution in [2.24, 2.45) is 5.92 Å². The quantitative estimate of drug-likeness (QED) is 0.768. The highest BCUT2D eigenvalue weighted by atomic mass is 16.2. The number of nitrogens with zero attached hydrogens (tertiary/aromatic N) is 1. The predicted octanol–water partition coefficient (Wildman–Crippen LogP) is 1.63. The molecule has 1 fully saturated rings. The Balaban J connectivity index is 2.27. The summed E-state index contributed by atoms with van der Waals surface area (Å²) in [5.74, 6) is 0.835. The molecule has 1 aliphatic heterocycles.